The van der Waals surface area contributed by atoms with Gasteiger partial charge < -0.3 is 5.32 Å². The molecule has 3 heterocycles. The Kier molecular flexibility index (Phi) is 2.16. The average molecular weight is 251 g/mol. The molecule has 0 saturated carbocycles. The Morgan fingerprint density at radius 3 is 3.16 bits per heavy atom. The summed E-state index contributed by atoms with van der Waals surface area (Å²) < 4.78 is 1.84. The molecule has 94 valence electrons. The molecule has 5 nitrogen and oxygen atoms in total. The molecule has 0 radical (unpaired) electrons. The molecule has 0 spiro atoms. The minimum Gasteiger partial charge on any atom is -0.305 e. The predicted octanol–water partition coefficient (Wildman–Crippen LogP) is 1.98. The van der Waals surface area contributed by atoms with E-state index in [-0.39, 0.29) is 0 Å². The zero-order valence-corrected chi connectivity index (χ0v) is 10.5. The second kappa shape index (κ2) is 3.86. The number of pyridine rings is 1. The summed E-state index contributed by atoms with van der Waals surface area (Å²) in [4.78, 5) is 4.55. The van der Waals surface area contributed by atoms with Crippen LogP contribution in [0.25, 0.3) is 16.7 Å². The zero-order chi connectivity index (χ0) is 12.8. The number of rotatable bonds is 1. The van der Waals surface area contributed by atoms with Crippen LogP contribution in [0.5, 0.6) is 0 Å². The zero-order valence-electron chi connectivity index (χ0n) is 10.5. The van der Waals surface area contributed by atoms with Gasteiger partial charge in [0.15, 0.2) is 0 Å². The summed E-state index contributed by atoms with van der Waals surface area (Å²) in [7, 11) is 0. The molecule has 1 aliphatic heterocycles. The first-order valence-corrected chi connectivity index (χ1v) is 6.36. The van der Waals surface area contributed by atoms with Crippen molar-refractivity contribution in [3.8, 4) is 5.69 Å². The third kappa shape index (κ3) is 1.55. The van der Waals surface area contributed by atoms with Crippen LogP contribution in [0.4, 0.5) is 0 Å². The van der Waals surface area contributed by atoms with E-state index in [0.717, 1.165) is 29.0 Å². The number of aromatic nitrogens is 4. The molecule has 0 aliphatic carbocycles. The molecule has 0 bridgehead atoms. The van der Waals surface area contributed by atoms with Crippen molar-refractivity contribution in [2.75, 3.05) is 0 Å². The second-order valence-corrected chi connectivity index (χ2v) is 4.83. The van der Waals surface area contributed by atoms with E-state index < -0.39 is 0 Å². The van der Waals surface area contributed by atoms with Crippen LogP contribution < -0.4 is 5.32 Å². The minimum atomic E-state index is 0.330. The first kappa shape index (κ1) is 10.6. The number of hydrogen-bond donors (Lipinski definition) is 1. The maximum Gasteiger partial charge on any atom is 0.113 e. The van der Waals surface area contributed by atoms with Crippen LogP contribution in [0.3, 0.4) is 0 Å². The fourth-order valence-electron chi connectivity index (χ4n) is 2.57. The lowest BCUT2D eigenvalue weighted by Gasteiger charge is -2.06. The van der Waals surface area contributed by atoms with Crippen molar-refractivity contribution in [2.24, 2.45) is 0 Å². The number of fused-ring (bicyclic) bond motifs is 2. The Morgan fingerprint density at radius 1 is 1.32 bits per heavy atom. The van der Waals surface area contributed by atoms with Gasteiger partial charge in [-0.1, -0.05) is 17.3 Å². The Morgan fingerprint density at radius 2 is 2.21 bits per heavy atom. The molecule has 5 heteroatoms. The summed E-state index contributed by atoms with van der Waals surface area (Å²) in [5.74, 6) is 0. The van der Waals surface area contributed by atoms with Crippen LogP contribution in [0.15, 0.2) is 36.5 Å². The van der Waals surface area contributed by atoms with E-state index in [1.807, 2.05) is 35.1 Å². The lowest BCUT2D eigenvalue weighted by atomic mass is 10.1. The molecular weight excluding hydrogens is 238 g/mol. The van der Waals surface area contributed by atoms with E-state index in [1.165, 1.54) is 5.56 Å². The predicted molar refractivity (Wildman–Crippen MR) is 71.9 cm³/mol. The van der Waals surface area contributed by atoms with E-state index in [1.54, 1.807) is 0 Å². The van der Waals surface area contributed by atoms with Crippen LogP contribution in [-0.4, -0.2) is 20.0 Å². The Hall–Kier alpha value is -2.27. The smallest absolute Gasteiger partial charge is 0.113 e. The number of nitrogens with one attached hydrogen (secondary N) is 1. The molecule has 0 amide bonds. The maximum absolute atomic E-state index is 4.55. The molecule has 1 aliphatic rings. The Balaban J connectivity index is 1.89. The van der Waals surface area contributed by atoms with Gasteiger partial charge in [0.2, 0.25) is 0 Å². The van der Waals surface area contributed by atoms with Crippen LogP contribution in [0.2, 0.25) is 0 Å². The molecule has 1 N–H and O–H groups in total. The molecular formula is C14H13N5. The van der Waals surface area contributed by atoms with Crippen LogP contribution in [0.1, 0.15) is 24.2 Å². The highest BCUT2D eigenvalue weighted by molar-refractivity contribution is 5.75. The van der Waals surface area contributed by atoms with Gasteiger partial charge in [0, 0.05) is 12.6 Å². The first-order valence-electron chi connectivity index (χ1n) is 6.36. The molecule has 1 atom stereocenters. The third-order valence-electron chi connectivity index (χ3n) is 3.59. The van der Waals surface area contributed by atoms with Gasteiger partial charge in [-0.25, -0.2) is 4.68 Å². The molecule has 0 fully saturated rings. The highest BCUT2D eigenvalue weighted by Gasteiger charge is 2.20. The summed E-state index contributed by atoms with van der Waals surface area (Å²) in [5.41, 5.74) is 5.24. The molecule has 3 aromatic rings. The van der Waals surface area contributed by atoms with Gasteiger partial charge in [-0.3, -0.25) is 4.98 Å². The van der Waals surface area contributed by atoms with Crippen molar-refractivity contribution < 1.29 is 0 Å². The van der Waals surface area contributed by atoms with Gasteiger partial charge in [-0.2, -0.15) is 0 Å². The monoisotopic (exact) mass is 251 g/mol. The van der Waals surface area contributed by atoms with E-state index in [9.17, 15) is 0 Å². The maximum atomic E-state index is 4.55. The summed E-state index contributed by atoms with van der Waals surface area (Å²) in [5, 5.41) is 11.8. The number of benzene rings is 1. The molecule has 1 unspecified atom stereocenters. The standard InChI is InChI=1S/C14H13N5/c1-9-14-10(7-15-9)6-11(8-16-14)19-13-5-3-2-4-12(13)17-18-19/h2-6,8-9,15H,7H2,1H3. The van der Waals surface area contributed by atoms with Crippen LogP contribution >= 0.6 is 0 Å². The largest absolute Gasteiger partial charge is 0.305 e. The fourth-order valence-corrected chi connectivity index (χ4v) is 2.57. The first-order chi connectivity index (χ1) is 9.33. The second-order valence-electron chi connectivity index (χ2n) is 4.83. The molecule has 1 aromatic carbocycles. The average Bonchev–Trinajstić information content (AvgIpc) is 3.03. The third-order valence-corrected chi connectivity index (χ3v) is 3.59. The highest BCUT2D eigenvalue weighted by atomic mass is 15.4. The molecule has 4 rings (SSSR count). The Labute approximate surface area is 110 Å². The van der Waals surface area contributed by atoms with Gasteiger partial charge in [0.1, 0.15) is 5.52 Å². The highest BCUT2D eigenvalue weighted by Crippen LogP contribution is 2.25. The number of hydrogen-bond acceptors (Lipinski definition) is 4. The summed E-state index contributed by atoms with van der Waals surface area (Å²) in [6.45, 7) is 2.99. The van der Waals surface area contributed by atoms with Crippen LogP contribution in [0, 0.1) is 0 Å². The number of para-hydroxylation sites is 1. The van der Waals surface area contributed by atoms with E-state index >= 15 is 0 Å². The van der Waals surface area contributed by atoms with Gasteiger partial charge >= 0.3 is 0 Å². The summed E-state index contributed by atoms with van der Waals surface area (Å²) in [6.07, 6.45) is 1.86. The van der Waals surface area contributed by atoms with Crippen molar-refractivity contribution >= 4 is 11.0 Å². The lowest BCUT2D eigenvalue weighted by Crippen LogP contribution is -2.07. The van der Waals surface area contributed by atoms with Crippen molar-refractivity contribution in [3.63, 3.8) is 0 Å². The molecule has 2 aromatic heterocycles. The topological polar surface area (TPSA) is 55.6 Å². The molecule has 19 heavy (non-hydrogen) atoms. The quantitative estimate of drug-likeness (QED) is 0.718. The van der Waals surface area contributed by atoms with Crippen LogP contribution in [-0.2, 0) is 6.54 Å². The summed E-state index contributed by atoms with van der Waals surface area (Å²) in [6, 6.07) is 10.4. The number of nitrogens with zero attached hydrogens (tertiary/aromatic N) is 4. The summed E-state index contributed by atoms with van der Waals surface area (Å²) >= 11 is 0. The van der Waals surface area contributed by atoms with Gasteiger partial charge in [-0.05, 0) is 30.7 Å². The van der Waals surface area contributed by atoms with Gasteiger partial charge in [0.05, 0.1) is 23.1 Å². The van der Waals surface area contributed by atoms with Gasteiger partial charge in [0.25, 0.3) is 0 Å². The van der Waals surface area contributed by atoms with Gasteiger partial charge in [-0.15, -0.1) is 5.10 Å². The van der Waals surface area contributed by atoms with Crippen molar-refractivity contribution in [1.29, 1.82) is 0 Å². The van der Waals surface area contributed by atoms with E-state index in [2.05, 4.69) is 33.6 Å². The SMILES string of the molecule is CC1NCc2cc(-n3nnc4ccccc43)cnc21. The van der Waals surface area contributed by atoms with E-state index in [4.69, 9.17) is 0 Å². The Bertz CT molecular complexity index is 761. The van der Waals surface area contributed by atoms with E-state index in [0.29, 0.717) is 6.04 Å². The van der Waals surface area contributed by atoms with Crippen molar-refractivity contribution in [3.05, 3.63) is 47.8 Å². The normalized spacial score (nSPS) is 17.8. The lowest BCUT2D eigenvalue weighted by molar-refractivity contribution is 0.623. The fraction of sp³-hybridized carbons (Fsp3) is 0.214. The van der Waals surface area contributed by atoms with Crippen molar-refractivity contribution in [1.82, 2.24) is 25.3 Å². The molecule has 0 saturated heterocycles. The minimum absolute atomic E-state index is 0.330. The van der Waals surface area contributed by atoms with Crippen molar-refractivity contribution in [2.45, 2.75) is 19.5 Å².